The smallest absolute Gasteiger partial charge is 0.311 e. The monoisotopic (exact) mass is 1660 g/mol. The zero-order valence-corrected chi connectivity index (χ0v) is 74.6. The minimum absolute atomic E-state index is 0.110. The van der Waals surface area contributed by atoms with Crippen LogP contribution in [0.1, 0.15) is 272 Å². The average Bonchev–Trinajstić information content (AvgIpc) is 1.25. The Morgan fingerprint density at radius 1 is 0.479 bits per heavy atom. The first kappa shape index (κ1) is 101. The van der Waals surface area contributed by atoms with E-state index in [1.54, 1.807) is 84.0 Å². The molecule has 0 unspecified atom stereocenters. The lowest BCUT2D eigenvalue weighted by Gasteiger charge is -2.23. The van der Waals surface area contributed by atoms with Crippen LogP contribution >= 0.6 is 0 Å². The van der Waals surface area contributed by atoms with E-state index in [9.17, 15) is 43.2 Å². The van der Waals surface area contributed by atoms with Crippen LogP contribution in [0.2, 0.25) is 0 Å². The molecule has 2 aliphatic carbocycles. The van der Waals surface area contributed by atoms with Gasteiger partial charge in [-0.25, -0.2) is 4.98 Å². The molecule has 1 heterocycles. The van der Waals surface area contributed by atoms with Crippen LogP contribution in [0, 0.1) is 32.5 Å². The summed E-state index contributed by atoms with van der Waals surface area (Å²) >= 11 is 0. The lowest BCUT2D eigenvalue weighted by atomic mass is 9.82. The maximum Gasteiger partial charge on any atom is 0.311 e. The number of aryl methyl sites for hydroxylation is 1. The van der Waals surface area contributed by atoms with Gasteiger partial charge in [0.05, 0.1) is 67.0 Å². The van der Waals surface area contributed by atoms with Gasteiger partial charge in [0.2, 0.25) is 0 Å². The minimum atomic E-state index is -1.08. The lowest BCUT2D eigenvalue weighted by Crippen LogP contribution is -2.28. The average molecular weight is 1660 g/mol. The van der Waals surface area contributed by atoms with Crippen LogP contribution in [0.25, 0.3) is 34.4 Å². The van der Waals surface area contributed by atoms with Crippen molar-refractivity contribution in [1.29, 1.82) is 0 Å². The van der Waals surface area contributed by atoms with Gasteiger partial charge in [-0.15, -0.1) is 0 Å². The van der Waals surface area contributed by atoms with E-state index < -0.39 is 56.4 Å². The standard InChI is InChI=1S/C29H31NO4.C29H32O2.C22H24N2O4.3C6H12O2.C2H4O2/c1-6-29(4,5)28(32)34-16-15-33-27-22-10-8-7-9-21(22)26(31)25(27)24-14-12-20-17-19(18(2)3)11-13-23(20)30-24;1-5-29(3,4)28(30)31-21-9-10-23-15-19-26(20-16-23)27(24-11-7-6-8-12-24)25-17-13-22(2)14-18-25;1-4-22(2,3)21(27)28-12-11-24-16-10-9-15(23)17-18(16)20(26)14-8-6-5-7-13(14)19(17)25;3*1-4-6(2,3)5(7)8;1-2(3)4/h7-14,17-18H,6,15-16H2,1-5H3;6-8,11-20H,2,5,9-10,21H2,1,3-4H3;5-10,24H,4,11-12,23H2,1-3H3;3*4H2,1-3H3,(H,7,8);1H3,(H,3,4)/p-1. The second-order valence-corrected chi connectivity index (χ2v) is 33.8. The Morgan fingerprint density at radius 2 is 0.901 bits per heavy atom. The molecule has 0 fully saturated rings. The molecule has 6 N–H and O–H groups in total. The molecule has 10 rings (SSSR count). The van der Waals surface area contributed by atoms with Crippen molar-refractivity contribution in [2.45, 2.75) is 203 Å². The predicted octanol–water partition coefficient (Wildman–Crippen LogP) is 18.4. The van der Waals surface area contributed by atoms with Crippen molar-refractivity contribution < 1.29 is 87.3 Å². The molecule has 7 aromatic carbocycles. The zero-order valence-electron chi connectivity index (χ0n) is 74.6. The lowest BCUT2D eigenvalue weighted by molar-refractivity contribution is -0.302. The molecule has 21 heteroatoms. The molecule has 0 amide bonds. The molecule has 0 aliphatic heterocycles. The summed E-state index contributed by atoms with van der Waals surface area (Å²) in [6.45, 7) is 43.5. The second-order valence-electron chi connectivity index (χ2n) is 33.8. The molecule has 21 nitrogen and oxygen atoms in total. The number of hydrogen-bond acceptors (Lipinski definition) is 18. The highest BCUT2D eigenvalue weighted by molar-refractivity contribution is 6.39. The summed E-state index contributed by atoms with van der Waals surface area (Å²) < 4.78 is 22.3. The van der Waals surface area contributed by atoms with E-state index >= 15 is 0 Å². The van der Waals surface area contributed by atoms with E-state index in [0.29, 0.717) is 90.6 Å². The fourth-order valence-corrected chi connectivity index (χ4v) is 10.8. The van der Waals surface area contributed by atoms with Gasteiger partial charge < -0.3 is 55.2 Å². The molecule has 0 saturated carbocycles. The number of anilines is 2. The first-order chi connectivity index (χ1) is 56.6. The first-order valence-electron chi connectivity index (χ1n) is 41.3. The number of nitrogens with two attached hydrogens (primary N) is 1. The van der Waals surface area contributed by atoms with Gasteiger partial charge in [0.1, 0.15) is 25.6 Å². The number of aromatic nitrogens is 1. The van der Waals surface area contributed by atoms with E-state index in [4.69, 9.17) is 54.9 Å². The van der Waals surface area contributed by atoms with Gasteiger partial charge in [0.15, 0.2) is 17.3 Å². The maximum atomic E-state index is 13.3. The van der Waals surface area contributed by atoms with E-state index in [1.165, 1.54) is 33.0 Å². The number of carbonyl (C=O) groups is 10. The Hall–Kier alpha value is -11.9. The van der Waals surface area contributed by atoms with Crippen molar-refractivity contribution in [3.8, 4) is 0 Å². The van der Waals surface area contributed by atoms with Gasteiger partial charge in [0.25, 0.3) is 0 Å². The van der Waals surface area contributed by atoms with E-state index in [2.05, 4.69) is 98.5 Å². The number of carboxylic acid groups (broad SMARTS) is 4. The topological polar surface area (TPSA) is 342 Å². The zero-order chi connectivity index (χ0) is 91.1. The second kappa shape index (κ2) is 46.1. The third-order valence-corrected chi connectivity index (χ3v) is 21.9. The van der Waals surface area contributed by atoms with Crippen LogP contribution in [0.3, 0.4) is 0 Å². The van der Waals surface area contributed by atoms with E-state index in [0.717, 1.165) is 47.9 Å². The molecule has 650 valence electrons. The number of aliphatic carboxylic acids is 4. The normalized spacial score (nSPS) is 12.1. The summed E-state index contributed by atoms with van der Waals surface area (Å²) in [6.07, 6.45) is 5.91. The van der Waals surface area contributed by atoms with Crippen LogP contribution in [0.4, 0.5) is 11.4 Å². The number of fused-ring (bicyclic) bond motifs is 4. The van der Waals surface area contributed by atoms with Gasteiger partial charge in [-0.3, -0.25) is 43.2 Å². The number of allylic oxidation sites excluding steroid dienone is 1. The summed E-state index contributed by atoms with van der Waals surface area (Å²) in [5.41, 5.74) is 14.1. The molecule has 0 spiro atoms. The number of nitrogens with zero attached hydrogens (tertiary/aromatic N) is 1. The summed E-state index contributed by atoms with van der Waals surface area (Å²) in [4.78, 5) is 120. The van der Waals surface area contributed by atoms with Crippen molar-refractivity contribution in [3.05, 3.63) is 242 Å². The number of Topliss-reactive ketones (excluding diaryl/α,β-unsaturated/α-hetero) is 1. The molecule has 0 bridgehead atoms. The Bertz CT molecular complexity index is 5000. The summed E-state index contributed by atoms with van der Waals surface area (Å²) in [7, 11) is 0. The highest BCUT2D eigenvalue weighted by atomic mass is 16.6. The summed E-state index contributed by atoms with van der Waals surface area (Å²) in [5, 5.41) is 40.5. The molecule has 0 saturated heterocycles. The number of nitrogens with one attached hydrogen (secondary N) is 1. The van der Waals surface area contributed by atoms with Gasteiger partial charge >= 0.3 is 35.8 Å². The maximum absolute atomic E-state index is 13.3. The Balaban J connectivity index is 0.000000329. The predicted molar refractivity (Wildman–Crippen MR) is 477 cm³/mol. The van der Waals surface area contributed by atoms with Gasteiger partial charge in [0, 0.05) is 51.5 Å². The molecular formula is C100H126N3O18-. The largest absolute Gasteiger partial charge is 0.550 e. The van der Waals surface area contributed by atoms with Crippen molar-refractivity contribution in [1.82, 2.24) is 4.98 Å². The van der Waals surface area contributed by atoms with Crippen LogP contribution in [0.5, 0.6) is 0 Å². The van der Waals surface area contributed by atoms with Crippen LogP contribution in [-0.4, -0.2) is 112 Å². The third-order valence-electron chi connectivity index (χ3n) is 21.9. The number of benzene rings is 7. The minimum Gasteiger partial charge on any atom is -0.550 e. The number of nitrogen functional groups attached to an aromatic ring is 1. The third kappa shape index (κ3) is 29.2. The summed E-state index contributed by atoms with van der Waals surface area (Å²) in [5.74, 6) is -3.59. The van der Waals surface area contributed by atoms with Crippen LogP contribution in [0.15, 0.2) is 170 Å². The van der Waals surface area contributed by atoms with Crippen molar-refractivity contribution in [2.24, 2.45) is 32.5 Å². The Kier molecular flexibility index (Phi) is 38.6. The number of esters is 3. The number of pyridine rings is 1. The SMILES string of the molecule is C=c1ccc(=C(c2ccccc2)c2ccc(CCCOC(=O)C(C)(C)CC)cc2)cc1.CC(=O)[O-].CCC(C)(C)C(=O)O.CCC(C)(C)C(=O)O.CCC(C)(C)C(=O)O.CCC(C)(C)C(=O)OCCNc1ccc(N)c2c1C(=O)c1ccccc1C2=O.CCC(C)(C)C(=O)OCCOC1=C(c2ccc3cc(C(C)C)ccc3n2)C(=O)c2ccccc21. The quantitative estimate of drug-likeness (QED) is 0.0132. The highest BCUT2D eigenvalue weighted by Crippen LogP contribution is 2.40. The number of ether oxygens (including phenoxy) is 4. The number of ketones is 3. The molecule has 121 heavy (non-hydrogen) atoms. The number of carbonyl (C=O) groups excluding carboxylic acids is 7. The molecule has 0 atom stereocenters. The van der Waals surface area contributed by atoms with Gasteiger partial charge in [-0.1, -0.05) is 201 Å². The van der Waals surface area contributed by atoms with E-state index in [1.807, 2.05) is 138 Å². The number of hydrogen-bond donors (Lipinski definition) is 5. The first-order valence-corrected chi connectivity index (χ1v) is 41.3. The number of rotatable bonds is 28. The van der Waals surface area contributed by atoms with Crippen molar-refractivity contribution in [2.75, 3.05) is 44.0 Å². The molecule has 0 radical (unpaired) electrons. The summed E-state index contributed by atoms with van der Waals surface area (Å²) in [6, 6.07) is 55.0. The fourth-order valence-electron chi connectivity index (χ4n) is 10.8. The molecule has 2 aliphatic rings. The van der Waals surface area contributed by atoms with Gasteiger partial charge in [-0.2, -0.15) is 0 Å². The van der Waals surface area contributed by atoms with Crippen molar-refractivity contribution >= 4 is 105 Å². The Morgan fingerprint density at radius 3 is 1.35 bits per heavy atom. The van der Waals surface area contributed by atoms with Crippen LogP contribution in [-0.2, 0) is 58.9 Å². The molecule has 8 aromatic rings. The highest BCUT2D eigenvalue weighted by Gasteiger charge is 2.36. The van der Waals surface area contributed by atoms with Crippen LogP contribution < -0.4 is 26.6 Å². The van der Waals surface area contributed by atoms with Gasteiger partial charge in [-0.05, 0) is 216 Å². The molecule has 1 aromatic heterocycles. The fraction of sp³-hybridized carbons (Fsp3) is 0.410. The number of carboxylic acids is 4. The van der Waals surface area contributed by atoms with Crippen molar-refractivity contribution in [3.63, 3.8) is 0 Å². The Labute approximate surface area is 714 Å². The molecular weight excluding hydrogens is 1530 g/mol. The van der Waals surface area contributed by atoms with E-state index in [-0.39, 0.29) is 71.9 Å².